The maximum Gasteiger partial charge on any atom is 0.223 e. The lowest BCUT2D eigenvalue weighted by Crippen LogP contribution is -2.42. The Kier molecular flexibility index (Phi) is 6.52. The number of amides is 1. The van der Waals surface area contributed by atoms with Crippen molar-refractivity contribution in [1.29, 1.82) is 0 Å². The molecule has 0 saturated heterocycles. The molecule has 1 aliphatic carbocycles. The Bertz CT molecular complexity index is 233. The van der Waals surface area contributed by atoms with Crippen molar-refractivity contribution in [1.82, 2.24) is 5.32 Å². The summed E-state index contributed by atoms with van der Waals surface area (Å²) in [5.74, 6) is 0.872. The molecule has 0 aromatic rings. The summed E-state index contributed by atoms with van der Waals surface area (Å²) in [5, 5.41) is 3.08. The monoisotopic (exact) mass is 242 g/mol. The zero-order valence-corrected chi connectivity index (χ0v) is 11.1. The standard InChI is InChI=1S/C13H26N2O2/c1-3-12(9-17-2)15-13(16)11-6-4-5-10(7-11)8-14/h10-12H,3-9,14H2,1-2H3,(H,15,16). The van der Waals surface area contributed by atoms with Gasteiger partial charge in [0, 0.05) is 13.0 Å². The van der Waals surface area contributed by atoms with Gasteiger partial charge in [-0.2, -0.15) is 0 Å². The Labute approximate surface area is 104 Å². The Morgan fingerprint density at radius 1 is 1.53 bits per heavy atom. The zero-order valence-electron chi connectivity index (χ0n) is 11.1. The molecule has 1 rings (SSSR count). The van der Waals surface area contributed by atoms with E-state index in [-0.39, 0.29) is 17.9 Å². The van der Waals surface area contributed by atoms with Gasteiger partial charge in [-0.05, 0) is 38.1 Å². The summed E-state index contributed by atoms with van der Waals surface area (Å²) >= 11 is 0. The highest BCUT2D eigenvalue weighted by molar-refractivity contribution is 5.79. The molecule has 1 aliphatic rings. The molecule has 0 spiro atoms. The first-order valence-electron chi connectivity index (χ1n) is 6.70. The number of carbonyl (C=O) groups is 1. The molecule has 1 fully saturated rings. The van der Waals surface area contributed by atoms with E-state index < -0.39 is 0 Å². The third-order valence-corrected chi connectivity index (χ3v) is 3.69. The summed E-state index contributed by atoms with van der Waals surface area (Å²) in [4.78, 5) is 12.1. The van der Waals surface area contributed by atoms with Crippen molar-refractivity contribution < 1.29 is 9.53 Å². The minimum atomic E-state index is 0.144. The van der Waals surface area contributed by atoms with Crippen molar-refractivity contribution in [3.8, 4) is 0 Å². The summed E-state index contributed by atoms with van der Waals surface area (Å²) in [6.45, 7) is 3.36. The SMILES string of the molecule is CCC(COC)NC(=O)C1CCCC(CN)C1. The maximum absolute atomic E-state index is 12.1. The van der Waals surface area contributed by atoms with E-state index in [0.29, 0.717) is 19.1 Å². The van der Waals surface area contributed by atoms with Gasteiger partial charge >= 0.3 is 0 Å². The second-order valence-corrected chi connectivity index (χ2v) is 5.03. The number of hydrogen-bond donors (Lipinski definition) is 2. The topological polar surface area (TPSA) is 64.3 Å². The molecule has 0 aliphatic heterocycles. The minimum absolute atomic E-state index is 0.144. The molecule has 100 valence electrons. The van der Waals surface area contributed by atoms with Crippen LogP contribution in [0.2, 0.25) is 0 Å². The Morgan fingerprint density at radius 2 is 2.29 bits per heavy atom. The van der Waals surface area contributed by atoms with Gasteiger partial charge in [0.1, 0.15) is 0 Å². The van der Waals surface area contributed by atoms with Gasteiger partial charge < -0.3 is 15.8 Å². The first kappa shape index (κ1) is 14.5. The fourth-order valence-electron chi connectivity index (χ4n) is 2.53. The van der Waals surface area contributed by atoms with Crippen LogP contribution in [-0.2, 0) is 9.53 Å². The van der Waals surface area contributed by atoms with Gasteiger partial charge in [0.15, 0.2) is 0 Å². The number of rotatable bonds is 6. The van der Waals surface area contributed by atoms with Crippen LogP contribution in [0.1, 0.15) is 39.0 Å². The van der Waals surface area contributed by atoms with Crippen LogP contribution in [0.5, 0.6) is 0 Å². The number of nitrogens with one attached hydrogen (secondary N) is 1. The molecule has 17 heavy (non-hydrogen) atoms. The second kappa shape index (κ2) is 7.67. The fraction of sp³-hybridized carbons (Fsp3) is 0.923. The van der Waals surface area contributed by atoms with Crippen LogP contribution in [0.4, 0.5) is 0 Å². The quantitative estimate of drug-likeness (QED) is 0.737. The molecule has 4 heteroatoms. The molecule has 4 nitrogen and oxygen atoms in total. The average Bonchev–Trinajstić information content (AvgIpc) is 2.38. The molecular weight excluding hydrogens is 216 g/mol. The summed E-state index contributed by atoms with van der Waals surface area (Å²) < 4.78 is 5.09. The smallest absolute Gasteiger partial charge is 0.223 e. The average molecular weight is 242 g/mol. The normalized spacial score (nSPS) is 26.5. The minimum Gasteiger partial charge on any atom is -0.383 e. The number of methoxy groups -OCH3 is 1. The van der Waals surface area contributed by atoms with E-state index in [1.54, 1.807) is 7.11 Å². The van der Waals surface area contributed by atoms with Gasteiger partial charge in [-0.3, -0.25) is 4.79 Å². The van der Waals surface area contributed by atoms with Crippen molar-refractivity contribution in [3.63, 3.8) is 0 Å². The number of carbonyl (C=O) groups excluding carboxylic acids is 1. The molecule has 0 aromatic heterocycles. The van der Waals surface area contributed by atoms with Crippen molar-refractivity contribution >= 4 is 5.91 Å². The highest BCUT2D eigenvalue weighted by Crippen LogP contribution is 2.28. The summed E-state index contributed by atoms with van der Waals surface area (Å²) in [5.41, 5.74) is 5.69. The lowest BCUT2D eigenvalue weighted by molar-refractivity contribution is -0.127. The molecule has 0 aromatic carbocycles. The molecule has 0 radical (unpaired) electrons. The largest absolute Gasteiger partial charge is 0.383 e. The van der Waals surface area contributed by atoms with Crippen LogP contribution in [0.3, 0.4) is 0 Å². The van der Waals surface area contributed by atoms with E-state index in [9.17, 15) is 4.79 Å². The molecular formula is C13H26N2O2. The second-order valence-electron chi connectivity index (χ2n) is 5.03. The molecule has 1 amide bonds. The van der Waals surface area contributed by atoms with E-state index in [1.807, 2.05) is 0 Å². The van der Waals surface area contributed by atoms with Crippen LogP contribution in [0.15, 0.2) is 0 Å². The highest BCUT2D eigenvalue weighted by atomic mass is 16.5. The summed E-state index contributed by atoms with van der Waals surface area (Å²) in [6.07, 6.45) is 5.17. The Morgan fingerprint density at radius 3 is 2.88 bits per heavy atom. The van der Waals surface area contributed by atoms with Crippen LogP contribution in [-0.4, -0.2) is 32.2 Å². The maximum atomic E-state index is 12.1. The highest BCUT2D eigenvalue weighted by Gasteiger charge is 2.27. The predicted octanol–water partition coefficient (Wildman–Crippen LogP) is 1.29. The van der Waals surface area contributed by atoms with Crippen LogP contribution in [0.25, 0.3) is 0 Å². The van der Waals surface area contributed by atoms with Crippen LogP contribution in [0, 0.1) is 11.8 Å². The van der Waals surface area contributed by atoms with Crippen LogP contribution < -0.4 is 11.1 Å². The van der Waals surface area contributed by atoms with E-state index >= 15 is 0 Å². The van der Waals surface area contributed by atoms with E-state index in [2.05, 4.69) is 12.2 Å². The van der Waals surface area contributed by atoms with Crippen LogP contribution >= 0.6 is 0 Å². The van der Waals surface area contributed by atoms with Crippen molar-refractivity contribution in [2.45, 2.75) is 45.1 Å². The first-order valence-corrected chi connectivity index (χ1v) is 6.70. The van der Waals surface area contributed by atoms with Gasteiger partial charge in [-0.25, -0.2) is 0 Å². The molecule has 3 N–H and O–H groups in total. The molecule has 0 bridgehead atoms. The van der Waals surface area contributed by atoms with Crippen molar-refractivity contribution in [2.24, 2.45) is 17.6 Å². The lowest BCUT2D eigenvalue weighted by Gasteiger charge is -2.28. The van der Waals surface area contributed by atoms with Gasteiger partial charge in [-0.1, -0.05) is 13.3 Å². The number of nitrogens with two attached hydrogens (primary N) is 1. The van der Waals surface area contributed by atoms with E-state index in [1.165, 1.54) is 6.42 Å². The van der Waals surface area contributed by atoms with Gasteiger partial charge in [0.25, 0.3) is 0 Å². The van der Waals surface area contributed by atoms with Crippen molar-refractivity contribution in [3.05, 3.63) is 0 Å². The van der Waals surface area contributed by atoms with E-state index in [0.717, 1.165) is 25.7 Å². The predicted molar refractivity (Wildman–Crippen MR) is 68.6 cm³/mol. The Hall–Kier alpha value is -0.610. The van der Waals surface area contributed by atoms with Gasteiger partial charge in [-0.15, -0.1) is 0 Å². The van der Waals surface area contributed by atoms with Gasteiger partial charge in [0.2, 0.25) is 5.91 Å². The molecule has 3 atom stereocenters. The molecule has 0 heterocycles. The Balaban J connectivity index is 2.40. The third kappa shape index (κ3) is 4.64. The lowest BCUT2D eigenvalue weighted by atomic mass is 9.81. The van der Waals surface area contributed by atoms with Crippen molar-refractivity contribution in [2.75, 3.05) is 20.3 Å². The number of ether oxygens (including phenoxy) is 1. The fourth-order valence-corrected chi connectivity index (χ4v) is 2.53. The molecule has 3 unspecified atom stereocenters. The van der Waals surface area contributed by atoms with E-state index in [4.69, 9.17) is 10.5 Å². The third-order valence-electron chi connectivity index (χ3n) is 3.69. The zero-order chi connectivity index (χ0) is 12.7. The summed E-state index contributed by atoms with van der Waals surface area (Å²) in [6, 6.07) is 0.144. The first-order chi connectivity index (χ1) is 8.21. The molecule has 1 saturated carbocycles. The number of hydrogen-bond acceptors (Lipinski definition) is 3. The summed E-state index contributed by atoms with van der Waals surface area (Å²) in [7, 11) is 1.67. The van der Waals surface area contributed by atoms with Gasteiger partial charge in [0.05, 0.1) is 12.6 Å².